The fraction of sp³-hybridized carbons (Fsp3) is 0.250. The highest BCUT2D eigenvalue weighted by Gasteiger charge is 2.20. The van der Waals surface area contributed by atoms with E-state index in [2.05, 4.69) is 31.8 Å². The summed E-state index contributed by atoms with van der Waals surface area (Å²) < 4.78 is 1.72. The van der Waals surface area contributed by atoms with Crippen molar-refractivity contribution in [1.82, 2.24) is 25.1 Å². The van der Waals surface area contributed by atoms with Gasteiger partial charge in [-0.05, 0) is 31.5 Å². The number of aryl methyl sites for hydroxylation is 2. The third-order valence-electron chi connectivity index (χ3n) is 5.18. The summed E-state index contributed by atoms with van der Waals surface area (Å²) in [4.78, 5) is 22.1. The number of aromatic nitrogens is 4. The van der Waals surface area contributed by atoms with E-state index in [0.717, 1.165) is 22.1 Å². The first kappa shape index (κ1) is 21.5. The molecule has 32 heavy (non-hydrogen) atoms. The minimum Gasteiger partial charge on any atom is -0.394 e. The number of hydrogen-bond donors (Lipinski definition) is 3. The Morgan fingerprint density at radius 1 is 1.16 bits per heavy atom. The van der Waals surface area contributed by atoms with Crippen LogP contribution in [0.1, 0.15) is 40.1 Å². The lowest BCUT2D eigenvalue weighted by atomic mass is 9.99. The molecular weight excluding hydrogens is 404 g/mol. The molecule has 4 aromatic rings. The summed E-state index contributed by atoms with van der Waals surface area (Å²) in [5.41, 5.74) is 3.93. The maximum absolute atomic E-state index is 13.2. The standard InChI is InChI=1S/C24H26N6O2/c1-15-5-4-6-17(9-15)23(19-12-26-30(3)13-19)29-24(32)20-8-7-18-11-25-22(10-21(18)28-20)27-16(2)14-31/h4-13,16,23,31H,14H2,1-3H3,(H,25,27)(H,29,32)/t16-,23-/m0/s1. The highest BCUT2D eigenvalue weighted by atomic mass is 16.3. The minimum absolute atomic E-state index is 0.00964. The number of nitrogens with one attached hydrogen (secondary N) is 2. The van der Waals surface area contributed by atoms with E-state index in [-0.39, 0.29) is 24.6 Å². The molecule has 0 unspecified atom stereocenters. The van der Waals surface area contributed by atoms with Gasteiger partial charge < -0.3 is 15.7 Å². The molecule has 3 N–H and O–H groups in total. The number of nitrogens with zero attached hydrogens (tertiary/aromatic N) is 4. The molecule has 3 aromatic heterocycles. The Morgan fingerprint density at radius 2 is 2.00 bits per heavy atom. The number of anilines is 1. The zero-order valence-electron chi connectivity index (χ0n) is 18.3. The first-order valence-corrected chi connectivity index (χ1v) is 10.4. The van der Waals surface area contributed by atoms with Crippen molar-refractivity contribution >= 4 is 22.6 Å². The fourth-order valence-electron chi connectivity index (χ4n) is 3.52. The van der Waals surface area contributed by atoms with Gasteiger partial charge in [0, 0.05) is 42.5 Å². The molecule has 0 aliphatic carbocycles. The Bertz CT molecular complexity index is 1250. The molecule has 0 spiro atoms. The minimum atomic E-state index is -0.353. The largest absolute Gasteiger partial charge is 0.394 e. The van der Waals surface area contributed by atoms with Crippen molar-refractivity contribution in [2.24, 2.45) is 7.05 Å². The molecule has 0 fully saturated rings. The average Bonchev–Trinajstić information content (AvgIpc) is 3.22. The van der Waals surface area contributed by atoms with Gasteiger partial charge in [0.05, 0.1) is 24.4 Å². The number of fused-ring (bicyclic) bond motifs is 1. The Labute approximate surface area is 186 Å². The smallest absolute Gasteiger partial charge is 0.270 e. The van der Waals surface area contributed by atoms with Crippen LogP contribution in [-0.2, 0) is 7.05 Å². The zero-order chi connectivity index (χ0) is 22.7. The molecule has 8 heteroatoms. The van der Waals surface area contributed by atoms with Crippen LogP contribution in [0.5, 0.6) is 0 Å². The van der Waals surface area contributed by atoms with E-state index in [1.54, 1.807) is 29.2 Å². The van der Waals surface area contributed by atoms with Crippen molar-refractivity contribution in [1.29, 1.82) is 0 Å². The summed E-state index contributed by atoms with van der Waals surface area (Å²) in [6.45, 7) is 3.87. The van der Waals surface area contributed by atoms with Gasteiger partial charge in [-0.2, -0.15) is 5.10 Å². The van der Waals surface area contributed by atoms with E-state index in [0.29, 0.717) is 17.0 Å². The van der Waals surface area contributed by atoms with Crippen LogP contribution in [0.25, 0.3) is 10.9 Å². The van der Waals surface area contributed by atoms with Crippen LogP contribution < -0.4 is 10.6 Å². The number of aliphatic hydroxyl groups is 1. The Balaban J connectivity index is 1.64. The number of benzene rings is 1. The summed E-state index contributed by atoms with van der Waals surface area (Å²) >= 11 is 0. The highest BCUT2D eigenvalue weighted by molar-refractivity contribution is 5.95. The average molecular weight is 431 g/mol. The van der Waals surface area contributed by atoms with Crippen LogP contribution in [0.15, 0.2) is 61.1 Å². The van der Waals surface area contributed by atoms with Gasteiger partial charge >= 0.3 is 0 Å². The molecule has 4 rings (SSSR count). The highest BCUT2D eigenvalue weighted by Crippen LogP contribution is 2.23. The quantitative estimate of drug-likeness (QED) is 0.416. The lowest BCUT2D eigenvalue weighted by molar-refractivity contribution is 0.0938. The van der Waals surface area contributed by atoms with Gasteiger partial charge in [0.1, 0.15) is 11.5 Å². The number of rotatable bonds is 7. The second-order valence-electron chi connectivity index (χ2n) is 7.95. The summed E-state index contributed by atoms with van der Waals surface area (Å²) in [7, 11) is 1.85. The zero-order valence-corrected chi connectivity index (χ0v) is 18.3. The maximum Gasteiger partial charge on any atom is 0.270 e. The topological polar surface area (TPSA) is 105 Å². The van der Waals surface area contributed by atoms with Gasteiger partial charge in [-0.25, -0.2) is 9.97 Å². The third kappa shape index (κ3) is 4.76. The summed E-state index contributed by atoms with van der Waals surface area (Å²) in [6, 6.07) is 12.8. The van der Waals surface area contributed by atoms with E-state index in [1.165, 1.54) is 0 Å². The molecule has 0 saturated heterocycles. The van der Waals surface area contributed by atoms with Crippen molar-refractivity contribution in [3.63, 3.8) is 0 Å². The predicted octanol–water partition coefficient (Wildman–Crippen LogP) is 2.98. The Kier molecular flexibility index (Phi) is 6.13. The van der Waals surface area contributed by atoms with Crippen molar-refractivity contribution in [2.75, 3.05) is 11.9 Å². The van der Waals surface area contributed by atoms with Crippen molar-refractivity contribution < 1.29 is 9.90 Å². The van der Waals surface area contributed by atoms with Crippen molar-refractivity contribution in [3.05, 3.63) is 83.4 Å². The van der Waals surface area contributed by atoms with Gasteiger partial charge in [-0.1, -0.05) is 29.8 Å². The second-order valence-corrected chi connectivity index (χ2v) is 7.95. The molecule has 164 valence electrons. The van der Waals surface area contributed by atoms with E-state index in [1.807, 2.05) is 51.4 Å². The molecular formula is C24H26N6O2. The second kappa shape index (κ2) is 9.15. The first-order valence-electron chi connectivity index (χ1n) is 10.4. The number of aliphatic hydroxyl groups excluding tert-OH is 1. The molecule has 1 aromatic carbocycles. The van der Waals surface area contributed by atoms with Crippen molar-refractivity contribution in [2.45, 2.75) is 25.9 Å². The molecule has 0 aliphatic rings. The SMILES string of the molecule is Cc1cccc([C@H](NC(=O)c2ccc3cnc(N[C@@H](C)CO)cc3n2)c2cnn(C)c2)c1. The Morgan fingerprint density at radius 3 is 2.72 bits per heavy atom. The summed E-state index contributed by atoms with van der Waals surface area (Å²) in [5.74, 6) is 0.314. The lowest BCUT2D eigenvalue weighted by Gasteiger charge is -2.18. The molecule has 3 heterocycles. The van der Waals surface area contributed by atoms with Gasteiger partial charge in [0.15, 0.2) is 0 Å². The van der Waals surface area contributed by atoms with E-state index >= 15 is 0 Å². The molecule has 2 atom stereocenters. The Hall–Kier alpha value is -3.78. The summed E-state index contributed by atoms with van der Waals surface area (Å²) in [5, 5.41) is 20.6. The normalized spacial score (nSPS) is 13.0. The van der Waals surface area contributed by atoms with Gasteiger partial charge in [0.2, 0.25) is 0 Å². The molecule has 0 aliphatic heterocycles. The predicted molar refractivity (Wildman–Crippen MR) is 123 cm³/mol. The number of hydrogen-bond acceptors (Lipinski definition) is 6. The number of amides is 1. The van der Waals surface area contributed by atoms with Crippen molar-refractivity contribution in [3.8, 4) is 0 Å². The fourth-order valence-corrected chi connectivity index (χ4v) is 3.52. The van der Waals surface area contributed by atoms with E-state index in [4.69, 9.17) is 0 Å². The number of carbonyl (C=O) groups excluding carboxylic acids is 1. The lowest BCUT2D eigenvalue weighted by Crippen LogP contribution is -2.30. The van der Waals surface area contributed by atoms with E-state index < -0.39 is 0 Å². The van der Waals surface area contributed by atoms with Crippen LogP contribution in [0.4, 0.5) is 5.82 Å². The van der Waals surface area contributed by atoms with Crippen LogP contribution in [-0.4, -0.2) is 43.4 Å². The van der Waals surface area contributed by atoms with Gasteiger partial charge in [-0.3, -0.25) is 9.48 Å². The van der Waals surface area contributed by atoms with Crippen LogP contribution >= 0.6 is 0 Å². The first-order chi connectivity index (χ1) is 15.4. The molecule has 8 nitrogen and oxygen atoms in total. The van der Waals surface area contributed by atoms with E-state index in [9.17, 15) is 9.90 Å². The van der Waals surface area contributed by atoms with Gasteiger partial charge in [0.25, 0.3) is 5.91 Å². The molecule has 0 bridgehead atoms. The summed E-state index contributed by atoms with van der Waals surface area (Å²) in [6.07, 6.45) is 5.35. The maximum atomic E-state index is 13.2. The van der Waals surface area contributed by atoms with Crippen LogP contribution in [0.2, 0.25) is 0 Å². The third-order valence-corrected chi connectivity index (χ3v) is 5.18. The van der Waals surface area contributed by atoms with Crippen LogP contribution in [0, 0.1) is 6.92 Å². The van der Waals surface area contributed by atoms with Gasteiger partial charge in [-0.15, -0.1) is 0 Å². The number of carbonyl (C=O) groups is 1. The number of pyridine rings is 2. The monoisotopic (exact) mass is 430 g/mol. The molecule has 0 saturated carbocycles. The molecule has 1 amide bonds. The van der Waals surface area contributed by atoms with Crippen LogP contribution in [0.3, 0.4) is 0 Å². The molecule has 0 radical (unpaired) electrons.